The van der Waals surface area contributed by atoms with Crippen LogP contribution in [0.15, 0.2) is 12.2 Å². The van der Waals surface area contributed by atoms with E-state index in [-0.39, 0.29) is 17.4 Å². The van der Waals surface area contributed by atoms with Crippen molar-refractivity contribution in [1.29, 1.82) is 0 Å². The predicted molar refractivity (Wildman–Crippen MR) is 110 cm³/mol. The van der Waals surface area contributed by atoms with E-state index in [2.05, 4.69) is 39.8 Å². The summed E-state index contributed by atoms with van der Waals surface area (Å²) in [5, 5.41) is 10.2. The Labute approximate surface area is 166 Å². The number of aliphatic hydroxyl groups is 1. The van der Waals surface area contributed by atoms with Gasteiger partial charge in [-0.15, -0.1) is 0 Å². The highest BCUT2D eigenvalue weighted by atomic mass is 16.3. The zero-order valence-electron chi connectivity index (χ0n) is 17.9. The van der Waals surface area contributed by atoms with Crippen LogP contribution in [0.5, 0.6) is 0 Å². The van der Waals surface area contributed by atoms with Crippen LogP contribution in [-0.4, -0.2) is 17.0 Å². The molecule has 152 valence electrons. The van der Waals surface area contributed by atoms with Crippen LogP contribution in [-0.2, 0) is 4.79 Å². The lowest BCUT2D eigenvalue weighted by molar-refractivity contribution is -0.159. The highest BCUT2D eigenvalue weighted by Gasteiger charge is 2.62. The first-order chi connectivity index (χ1) is 12.8. The molecule has 0 aromatic heterocycles. The van der Waals surface area contributed by atoms with E-state index in [9.17, 15) is 9.90 Å². The van der Waals surface area contributed by atoms with Crippen molar-refractivity contribution in [3.63, 3.8) is 0 Å². The fourth-order valence-electron chi connectivity index (χ4n) is 8.41. The first kappa shape index (κ1) is 19.7. The molecule has 0 heterocycles. The molecule has 0 aliphatic heterocycles. The smallest absolute Gasteiger partial charge is 0.136 e. The minimum absolute atomic E-state index is 0.121. The number of rotatable bonds is 3. The van der Waals surface area contributed by atoms with Gasteiger partial charge in [0.2, 0.25) is 0 Å². The fourth-order valence-corrected chi connectivity index (χ4v) is 8.41. The molecule has 4 saturated carbocycles. The number of hydrogen-bond acceptors (Lipinski definition) is 2. The number of allylic oxidation sites excluding steroid dienone is 2. The van der Waals surface area contributed by atoms with Gasteiger partial charge in [0.05, 0.1) is 6.10 Å². The number of hydrogen-bond donors (Lipinski definition) is 1. The first-order valence-electron chi connectivity index (χ1n) is 11.7. The summed E-state index contributed by atoms with van der Waals surface area (Å²) < 4.78 is 0. The number of fused-ring (bicyclic) bond motifs is 5. The normalized spacial score (nSPS) is 50.9. The second-order valence-electron chi connectivity index (χ2n) is 11.0. The summed E-state index contributed by atoms with van der Waals surface area (Å²) in [7, 11) is 0. The molecule has 27 heavy (non-hydrogen) atoms. The maximum absolute atomic E-state index is 13.2. The van der Waals surface area contributed by atoms with Crippen molar-refractivity contribution in [3.05, 3.63) is 12.2 Å². The van der Waals surface area contributed by atoms with Crippen LogP contribution in [0.2, 0.25) is 0 Å². The monoisotopic (exact) mass is 372 g/mol. The van der Waals surface area contributed by atoms with E-state index in [1.54, 1.807) is 0 Å². The molecule has 0 amide bonds. The van der Waals surface area contributed by atoms with Crippen molar-refractivity contribution in [2.24, 2.45) is 46.3 Å². The van der Waals surface area contributed by atoms with Crippen LogP contribution in [0.1, 0.15) is 85.5 Å². The van der Waals surface area contributed by atoms with E-state index >= 15 is 0 Å². The Morgan fingerprint density at radius 1 is 1.11 bits per heavy atom. The number of Topliss-reactive ketones (excluding diaryl/α,β-unsaturated/α-hetero) is 1. The number of carbonyl (C=O) groups excluding carboxylic acids is 1. The van der Waals surface area contributed by atoms with Crippen LogP contribution in [0.4, 0.5) is 0 Å². The Morgan fingerprint density at radius 2 is 1.81 bits per heavy atom. The molecule has 0 saturated heterocycles. The molecular weight excluding hydrogens is 332 g/mol. The Hall–Kier alpha value is -0.630. The Balaban J connectivity index is 1.60. The molecule has 1 N–H and O–H groups in total. The lowest BCUT2D eigenvalue weighted by atomic mass is 9.44. The van der Waals surface area contributed by atoms with Crippen LogP contribution in [0.25, 0.3) is 0 Å². The van der Waals surface area contributed by atoms with Crippen LogP contribution in [0.3, 0.4) is 0 Å². The molecule has 4 rings (SSSR count). The van der Waals surface area contributed by atoms with E-state index in [0.717, 1.165) is 43.9 Å². The molecule has 6 unspecified atom stereocenters. The molecule has 0 aromatic carbocycles. The maximum atomic E-state index is 13.2. The average Bonchev–Trinajstić information content (AvgIpc) is 2.99. The highest BCUT2D eigenvalue weighted by Crippen LogP contribution is 2.67. The van der Waals surface area contributed by atoms with Gasteiger partial charge in [-0.05, 0) is 91.8 Å². The topological polar surface area (TPSA) is 37.3 Å². The lowest BCUT2D eigenvalue weighted by Gasteiger charge is -2.60. The summed E-state index contributed by atoms with van der Waals surface area (Å²) in [6.07, 6.45) is 14.4. The van der Waals surface area contributed by atoms with E-state index in [0.29, 0.717) is 29.0 Å². The van der Waals surface area contributed by atoms with Crippen LogP contribution >= 0.6 is 0 Å². The molecule has 4 fully saturated rings. The third-order valence-electron chi connectivity index (χ3n) is 9.81. The minimum atomic E-state index is -0.250. The summed E-state index contributed by atoms with van der Waals surface area (Å²) in [4.78, 5) is 13.2. The fraction of sp³-hybridized carbons (Fsp3) is 0.880. The summed E-state index contributed by atoms with van der Waals surface area (Å²) >= 11 is 0. The van der Waals surface area contributed by atoms with Crippen molar-refractivity contribution in [3.8, 4) is 0 Å². The lowest BCUT2D eigenvalue weighted by Crippen LogP contribution is -2.57. The van der Waals surface area contributed by atoms with Gasteiger partial charge in [-0.1, -0.05) is 39.8 Å². The van der Waals surface area contributed by atoms with E-state index in [1.165, 1.54) is 25.7 Å². The molecule has 0 radical (unpaired) electrons. The van der Waals surface area contributed by atoms with E-state index < -0.39 is 0 Å². The van der Waals surface area contributed by atoms with Crippen molar-refractivity contribution >= 4 is 5.78 Å². The number of ketones is 1. The zero-order valence-corrected chi connectivity index (χ0v) is 17.9. The van der Waals surface area contributed by atoms with Gasteiger partial charge >= 0.3 is 0 Å². The molecule has 0 aromatic rings. The van der Waals surface area contributed by atoms with Gasteiger partial charge in [-0.3, -0.25) is 4.79 Å². The third-order valence-corrected chi connectivity index (χ3v) is 9.81. The second-order valence-corrected chi connectivity index (χ2v) is 11.0. The Kier molecular flexibility index (Phi) is 5.11. The standard InChI is InChI=1S/C25H40O2/c1-5-6-7-16(2)19-8-9-20-18-15-23(27)22-14-17(26)10-12-25(22,4)21(18)11-13-24(19,20)3/h6-7,16-22,26H,5,8-15H2,1-4H3/b7-6-/t16-,17-,18?,19-,20?,21?,22?,24?,25?/m1/s1. The quantitative estimate of drug-likeness (QED) is 0.637. The maximum Gasteiger partial charge on any atom is 0.136 e. The third kappa shape index (κ3) is 2.96. The Bertz CT molecular complexity index is 609. The van der Waals surface area contributed by atoms with Crippen molar-refractivity contribution in [2.45, 2.75) is 91.6 Å². The molecule has 2 nitrogen and oxygen atoms in total. The van der Waals surface area contributed by atoms with E-state index in [1.807, 2.05) is 0 Å². The molecule has 0 bridgehead atoms. The van der Waals surface area contributed by atoms with Gasteiger partial charge in [0.15, 0.2) is 0 Å². The largest absolute Gasteiger partial charge is 0.393 e. The molecule has 2 heteroatoms. The van der Waals surface area contributed by atoms with Gasteiger partial charge in [0.1, 0.15) is 5.78 Å². The number of aliphatic hydroxyl groups excluding tert-OH is 1. The van der Waals surface area contributed by atoms with Gasteiger partial charge in [0, 0.05) is 12.3 Å². The predicted octanol–water partition coefficient (Wildman–Crippen LogP) is 5.79. The van der Waals surface area contributed by atoms with Crippen molar-refractivity contribution in [2.75, 3.05) is 0 Å². The van der Waals surface area contributed by atoms with E-state index in [4.69, 9.17) is 0 Å². The molecule has 0 spiro atoms. The molecule has 9 atom stereocenters. The summed E-state index contributed by atoms with van der Waals surface area (Å²) in [6.45, 7) is 9.60. The second kappa shape index (κ2) is 7.01. The molecule has 4 aliphatic rings. The molecule has 4 aliphatic carbocycles. The van der Waals surface area contributed by atoms with Gasteiger partial charge in [-0.25, -0.2) is 0 Å². The minimum Gasteiger partial charge on any atom is -0.393 e. The Morgan fingerprint density at radius 3 is 2.56 bits per heavy atom. The number of carbonyl (C=O) groups is 1. The van der Waals surface area contributed by atoms with Gasteiger partial charge < -0.3 is 5.11 Å². The van der Waals surface area contributed by atoms with Gasteiger partial charge in [0.25, 0.3) is 0 Å². The SMILES string of the molecule is CC/C=C\[C@@H](C)[C@H]1CCC2C3CC(=O)C4C[C@H](O)CCC4(C)C3CCC21C. The first-order valence-corrected chi connectivity index (χ1v) is 11.7. The van der Waals surface area contributed by atoms with Crippen LogP contribution in [0, 0.1) is 46.3 Å². The molecular formula is C25H40O2. The summed E-state index contributed by atoms with van der Waals surface area (Å²) in [5.41, 5.74) is 0.558. The summed E-state index contributed by atoms with van der Waals surface area (Å²) in [6, 6.07) is 0. The zero-order chi connectivity index (χ0) is 19.4. The van der Waals surface area contributed by atoms with Gasteiger partial charge in [-0.2, -0.15) is 0 Å². The summed E-state index contributed by atoms with van der Waals surface area (Å²) in [5.74, 6) is 4.06. The van der Waals surface area contributed by atoms with Crippen molar-refractivity contribution in [1.82, 2.24) is 0 Å². The van der Waals surface area contributed by atoms with Crippen molar-refractivity contribution < 1.29 is 9.90 Å². The average molecular weight is 373 g/mol. The van der Waals surface area contributed by atoms with Crippen LogP contribution < -0.4 is 0 Å². The highest BCUT2D eigenvalue weighted by molar-refractivity contribution is 5.83.